The molecule has 2 aromatic carbocycles. The molecule has 3 heterocycles. The van der Waals surface area contributed by atoms with Gasteiger partial charge in [0.1, 0.15) is 11.6 Å². The molecule has 3 aliphatic rings. The maximum absolute atomic E-state index is 13.8. The lowest BCUT2D eigenvalue weighted by Crippen LogP contribution is -2.56. The molecule has 1 spiro atoms. The van der Waals surface area contributed by atoms with Crippen LogP contribution in [0.3, 0.4) is 0 Å². The van der Waals surface area contributed by atoms with Crippen molar-refractivity contribution in [2.45, 2.75) is 50.1 Å². The van der Waals surface area contributed by atoms with Gasteiger partial charge < -0.3 is 19.3 Å². The fourth-order valence-corrected chi connectivity index (χ4v) is 6.92. The number of methoxy groups -OCH3 is 1. The molecular weight excluding hydrogens is 469 g/mol. The molecule has 1 amide bonds. The van der Waals surface area contributed by atoms with Crippen molar-refractivity contribution in [3.63, 3.8) is 0 Å². The van der Waals surface area contributed by atoms with E-state index in [1.807, 2.05) is 24.1 Å². The highest BCUT2D eigenvalue weighted by Crippen LogP contribution is 2.51. The first-order valence-electron chi connectivity index (χ1n) is 13.5. The summed E-state index contributed by atoms with van der Waals surface area (Å²) >= 11 is 0. The van der Waals surface area contributed by atoms with Gasteiger partial charge in [-0.3, -0.25) is 9.69 Å². The Morgan fingerprint density at radius 1 is 1.16 bits per heavy atom. The number of aryl methyl sites for hydroxylation is 1. The lowest BCUT2D eigenvalue weighted by atomic mass is 9.67. The number of piperidine rings is 1. The van der Waals surface area contributed by atoms with E-state index < -0.39 is 0 Å². The number of carbonyl (C=O) groups is 1. The van der Waals surface area contributed by atoms with Crippen LogP contribution in [-0.4, -0.2) is 58.7 Å². The van der Waals surface area contributed by atoms with Crippen LogP contribution < -0.4 is 4.74 Å². The summed E-state index contributed by atoms with van der Waals surface area (Å²) in [6.45, 7) is 3.01. The summed E-state index contributed by atoms with van der Waals surface area (Å²) < 4.78 is 21.5. The molecule has 1 saturated carbocycles. The minimum atomic E-state index is -0.345. The maximum atomic E-state index is 13.8. The molecule has 1 atom stereocenters. The van der Waals surface area contributed by atoms with E-state index >= 15 is 0 Å². The molecule has 1 aromatic heterocycles. The van der Waals surface area contributed by atoms with Crippen LogP contribution in [0.2, 0.25) is 0 Å². The van der Waals surface area contributed by atoms with E-state index in [1.54, 1.807) is 19.2 Å². The number of fused-ring (bicyclic) bond motifs is 4. The van der Waals surface area contributed by atoms with Crippen molar-refractivity contribution in [2.75, 3.05) is 33.4 Å². The first kappa shape index (κ1) is 24.4. The van der Waals surface area contributed by atoms with Gasteiger partial charge in [-0.25, -0.2) is 4.39 Å². The van der Waals surface area contributed by atoms with Crippen LogP contribution in [-0.2, 0) is 23.8 Å². The second kappa shape index (κ2) is 9.44. The van der Waals surface area contributed by atoms with E-state index in [1.165, 1.54) is 17.0 Å². The Labute approximate surface area is 217 Å². The predicted molar refractivity (Wildman–Crippen MR) is 141 cm³/mol. The smallest absolute Gasteiger partial charge is 0.226 e. The van der Waals surface area contributed by atoms with Crippen molar-refractivity contribution in [1.29, 1.82) is 0 Å². The summed E-state index contributed by atoms with van der Waals surface area (Å²) in [7, 11) is 3.72. The molecule has 3 aromatic rings. The number of halogens is 1. The van der Waals surface area contributed by atoms with Crippen molar-refractivity contribution in [3.8, 4) is 5.75 Å². The zero-order valence-electron chi connectivity index (χ0n) is 21.8. The van der Waals surface area contributed by atoms with Crippen LogP contribution in [0.25, 0.3) is 10.9 Å². The summed E-state index contributed by atoms with van der Waals surface area (Å²) in [5, 5.41) is 11.8. The molecule has 1 N–H and O–H groups in total. The molecule has 6 nitrogen and oxygen atoms in total. The Balaban J connectivity index is 1.40. The number of aliphatic hydroxyl groups excluding tert-OH is 1. The van der Waals surface area contributed by atoms with Crippen LogP contribution in [0.4, 0.5) is 4.39 Å². The quantitative estimate of drug-likeness (QED) is 0.553. The number of ether oxygens (including phenoxy) is 1. The number of amides is 1. The predicted octanol–water partition coefficient (Wildman–Crippen LogP) is 4.54. The first-order valence-corrected chi connectivity index (χ1v) is 13.5. The molecule has 1 saturated heterocycles. The van der Waals surface area contributed by atoms with E-state index in [4.69, 9.17) is 4.74 Å². The average Bonchev–Trinajstić information content (AvgIpc) is 3.17. The van der Waals surface area contributed by atoms with Gasteiger partial charge in [0.05, 0.1) is 25.3 Å². The Bertz CT molecular complexity index is 1320. The van der Waals surface area contributed by atoms with Gasteiger partial charge in [-0.1, -0.05) is 18.6 Å². The molecule has 2 aliphatic heterocycles. The van der Waals surface area contributed by atoms with Crippen LogP contribution >= 0.6 is 0 Å². The van der Waals surface area contributed by atoms with Gasteiger partial charge in [-0.15, -0.1) is 0 Å². The minimum Gasteiger partial charge on any atom is -0.497 e. The van der Waals surface area contributed by atoms with Gasteiger partial charge in [0.2, 0.25) is 5.91 Å². The summed E-state index contributed by atoms with van der Waals surface area (Å²) in [6.07, 6.45) is 4.82. The second-order valence-corrected chi connectivity index (χ2v) is 11.2. The highest BCUT2D eigenvalue weighted by atomic mass is 19.1. The molecular formula is C30H36FN3O3. The molecule has 1 aliphatic carbocycles. The third kappa shape index (κ3) is 4.03. The Morgan fingerprint density at radius 2 is 1.95 bits per heavy atom. The molecule has 0 bridgehead atoms. The fourth-order valence-electron chi connectivity index (χ4n) is 6.92. The van der Waals surface area contributed by atoms with Crippen molar-refractivity contribution in [1.82, 2.24) is 14.4 Å². The van der Waals surface area contributed by atoms with Gasteiger partial charge in [-0.2, -0.15) is 0 Å². The van der Waals surface area contributed by atoms with Gasteiger partial charge in [0, 0.05) is 48.6 Å². The number of rotatable bonds is 5. The number of likely N-dealkylation sites (tertiary alicyclic amines) is 1. The highest BCUT2D eigenvalue weighted by Gasteiger charge is 2.50. The molecule has 6 rings (SSSR count). The SMILES string of the molecule is COc1ccc2c3c(n(C)c2c1)[C@H](CO)N(C(=O)C1CCC1)CC31CCN(Cc2cccc(F)c2)CC1. The van der Waals surface area contributed by atoms with Crippen molar-refractivity contribution in [3.05, 3.63) is 65.1 Å². The standard InChI is InChI=1S/C30H36FN3O3/c1-32-25-16-23(37-2)9-10-24(25)27-28(32)26(18-35)34(29(36)21-6-4-7-21)19-30(27)11-13-33(14-12-30)17-20-5-3-8-22(31)15-20/h3,5,8-10,15-16,21,26,35H,4,6-7,11-14,17-19H2,1-2H3/t26-/m0/s1. The number of aromatic nitrogens is 1. The van der Waals surface area contributed by atoms with Gasteiger partial charge >= 0.3 is 0 Å². The van der Waals surface area contributed by atoms with E-state index in [-0.39, 0.29) is 35.7 Å². The normalized spacial score (nSPS) is 21.7. The van der Waals surface area contributed by atoms with Crippen LogP contribution in [0.15, 0.2) is 42.5 Å². The third-order valence-corrected chi connectivity index (χ3v) is 9.17. The highest BCUT2D eigenvalue weighted by molar-refractivity contribution is 5.90. The van der Waals surface area contributed by atoms with E-state index in [0.717, 1.165) is 74.3 Å². The molecule has 196 valence electrons. The van der Waals surface area contributed by atoms with Gasteiger partial charge in [0.15, 0.2) is 0 Å². The largest absolute Gasteiger partial charge is 0.497 e. The Hall–Kier alpha value is -2.90. The van der Waals surface area contributed by atoms with Crippen molar-refractivity contribution < 1.29 is 19.0 Å². The Kier molecular flexibility index (Phi) is 6.24. The van der Waals surface area contributed by atoms with Crippen LogP contribution in [0, 0.1) is 11.7 Å². The van der Waals surface area contributed by atoms with Crippen LogP contribution in [0.1, 0.15) is 55.0 Å². The number of carbonyl (C=O) groups excluding carboxylic acids is 1. The zero-order chi connectivity index (χ0) is 25.7. The zero-order valence-corrected chi connectivity index (χ0v) is 21.8. The van der Waals surface area contributed by atoms with Crippen molar-refractivity contribution in [2.24, 2.45) is 13.0 Å². The Morgan fingerprint density at radius 3 is 2.59 bits per heavy atom. The monoisotopic (exact) mass is 505 g/mol. The number of benzene rings is 2. The first-order chi connectivity index (χ1) is 17.9. The number of aliphatic hydroxyl groups is 1. The number of hydrogen-bond acceptors (Lipinski definition) is 4. The van der Waals surface area contributed by atoms with E-state index in [0.29, 0.717) is 6.54 Å². The maximum Gasteiger partial charge on any atom is 0.226 e. The number of nitrogens with zero attached hydrogens (tertiary/aromatic N) is 3. The summed E-state index contributed by atoms with van der Waals surface area (Å²) in [6, 6.07) is 12.7. The van der Waals surface area contributed by atoms with E-state index in [9.17, 15) is 14.3 Å². The molecule has 2 fully saturated rings. The van der Waals surface area contributed by atoms with E-state index in [2.05, 4.69) is 21.6 Å². The third-order valence-electron chi connectivity index (χ3n) is 9.17. The van der Waals surface area contributed by atoms with Gasteiger partial charge in [-0.05, 0) is 74.2 Å². The topological polar surface area (TPSA) is 57.9 Å². The minimum absolute atomic E-state index is 0.0792. The molecule has 7 heteroatoms. The van der Waals surface area contributed by atoms with Crippen molar-refractivity contribution >= 4 is 16.8 Å². The van der Waals surface area contributed by atoms with Crippen LogP contribution in [0.5, 0.6) is 5.75 Å². The fraction of sp³-hybridized carbons (Fsp3) is 0.500. The number of hydrogen-bond donors (Lipinski definition) is 1. The molecule has 0 unspecified atom stereocenters. The second-order valence-electron chi connectivity index (χ2n) is 11.2. The lowest BCUT2D eigenvalue weighted by molar-refractivity contribution is -0.144. The molecule has 0 radical (unpaired) electrons. The van der Waals surface area contributed by atoms with Gasteiger partial charge in [0.25, 0.3) is 0 Å². The summed E-state index contributed by atoms with van der Waals surface area (Å²) in [5.41, 5.74) is 4.22. The molecule has 37 heavy (non-hydrogen) atoms. The lowest BCUT2D eigenvalue weighted by Gasteiger charge is -2.51. The summed E-state index contributed by atoms with van der Waals surface area (Å²) in [5.74, 6) is 0.873. The average molecular weight is 506 g/mol. The summed E-state index contributed by atoms with van der Waals surface area (Å²) in [4.78, 5) is 18.1.